The molecule has 2 aliphatic heterocycles. The highest BCUT2D eigenvalue weighted by Crippen LogP contribution is 2.18. The highest BCUT2D eigenvalue weighted by atomic mass is 127. The van der Waals surface area contributed by atoms with E-state index in [2.05, 4.69) is 64.2 Å². The van der Waals surface area contributed by atoms with Gasteiger partial charge in [0.15, 0.2) is 5.96 Å². The maximum atomic E-state index is 5.74. The highest BCUT2D eigenvalue weighted by molar-refractivity contribution is 14.0. The van der Waals surface area contributed by atoms with E-state index in [9.17, 15) is 0 Å². The number of hydrogen-bond donors (Lipinski definition) is 1. The number of halogens is 1. The van der Waals surface area contributed by atoms with Crippen molar-refractivity contribution in [1.82, 2.24) is 15.1 Å². The van der Waals surface area contributed by atoms with Gasteiger partial charge in [-0.3, -0.25) is 9.89 Å². The summed E-state index contributed by atoms with van der Waals surface area (Å²) in [6, 6.07) is 11.2. The lowest BCUT2D eigenvalue weighted by atomic mass is 10.1. The van der Waals surface area contributed by atoms with E-state index in [1.807, 2.05) is 0 Å². The number of ether oxygens (including phenoxy) is 2. The van der Waals surface area contributed by atoms with E-state index in [1.54, 1.807) is 7.11 Å². The molecule has 1 aromatic carbocycles. The fourth-order valence-electron chi connectivity index (χ4n) is 4.37. The summed E-state index contributed by atoms with van der Waals surface area (Å²) in [6.45, 7) is 14.7. The Morgan fingerprint density at radius 3 is 2.56 bits per heavy atom. The standard InChI is InChI=1S/C24H41N5O2.HI/c1-4-25-24(29-11-10-22(19-29)20-31-17-16-30-3)26-18-21(2)27-12-14-28(15-13-27)23-8-6-5-7-9-23;/h5-9,21-22H,4,10-20H2,1-3H3,(H,25,26);1H. The number of para-hydroxylation sites is 1. The largest absolute Gasteiger partial charge is 0.382 e. The Labute approximate surface area is 211 Å². The van der Waals surface area contributed by atoms with Gasteiger partial charge in [-0.15, -0.1) is 24.0 Å². The van der Waals surface area contributed by atoms with Gasteiger partial charge in [0.1, 0.15) is 0 Å². The molecule has 2 unspecified atom stereocenters. The summed E-state index contributed by atoms with van der Waals surface area (Å²) < 4.78 is 10.8. The highest BCUT2D eigenvalue weighted by Gasteiger charge is 2.26. The first-order valence-electron chi connectivity index (χ1n) is 11.8. The molecule has 3 rings (SSSR count). The number of likely N-dealkylation sites (tertiary alicyclic amines) is 1. The minimum Gasteiger partial charge on any atom is -0.382 e. The van der Waals surface area contributed by atoms with Crippen LogP contribution in [0.3, 0.4) is 0 Å². The summed E-state index contributed by atoms with van der Waals surface area (Å²) in [5.74, 6) is 1.63. The molecular weight excluding hydrogens is 517 g/mol. The first-order chi connectivity index (χ1) is 15.2. The molecule has 2 heterocycles. The first kappa shape index (κ1) is 27.1. The SMILES string of the molecule is CCNC(=NCC(C)N1CCN(c2ccccc2)CC1)N1CCC(COCCOC)C1.I. The second-order valence-electron chi connectivity index (χ2n) is 8.57. The number of rotatable bonds is 10. The first-order valence-corrected chi connectivity index (χ1v) is 11.8. The van der Waals surface area contributed by atoms with Gasteiger partial charge in [0.2, 0.25) is 0 Å². The summed E-state index contributed by atoms with van der Waals surface area (Å²) >= 11 is 0. The third-order valence-electron chi connectivity index (χ3n) is 6.27. The summed E-state index contributed by atoms with van der Waals surface area (Å²) in [7, 11) is 1.71. The van der Waals surface area contributed by atoms with Crippen molar-refractivity contribution in [3.8, 4) is 0 Å². The van der Waals surface area contributed by atoms with Crippen molar-refractivity contribution in [1.29, 1.82) is 0 Å². The third-order valence-corrected chi connectivity index (χ3v) is 6.27. The third kappa shape index (κ3) is 8.35. The number of nitrogens with zero attached hydrogens (tertiary/aromatic N) is 4. The summed E-state index contributed by atoms with van der Waals surface area (Å²) in [5, 5.41) is 3.50. The molecule has 2 atom stereocenters. The maximum Gasteiger partial charge on any atom is 0.193 e. The number of piperazine rings is 1. The van der Waals surface area contributed by atoms with E-state index in [-0.39, 0.29) is 24.0 Å². The summed E-state index contributed by atoms with van der Waals surface area (Å²) in [4.78, 5) is 12.5. The van der Waals surface area contributed by atoms with Gasteiger partial charge in [-0.05, 0) is 32.4 Å². The van der Waals surface area contributed by atoms with Crippen LogP contribution in [0.15, 0.2) is 35.3 Å². The second-order valence-corrected chi connectivity index (χ2v) is 8.57. The van der Waals surface area contributed by atoms with Crippen LogP contribution in [0.2, 0.25) is 0 Å². The van der Waals surface area contributed by atoms with Gasteiger partial charge in [-0.25, -0.2) is 0 Å². The molecule has 182 valence electrons. The van der Waals surface area contributed by atoms with Crippen LogP contribution in [0.5, 0.6) is 0 Å². The zero-order valence-corrected chi connectivity index (χ0v) is 22.4. The molecular formula is C24H42IN5O2. The fourth-order valence-corrected chi connectivity index (χ4v) is 4.37. The Morgan fingerprint density at radius 1 is 1.12 bits per heavy atom. The number of benzene rings is 1. The van der Waals surface area contributed by atoms with Gasteiger partial charge in [-0.2, -0.15) is 0 Å². The minimum absolute atomic E-state index is 0. The summed E-state index contributed by atoms with van der Waals surface area (Å²) in [5.41, 5.74) is 1.33. The van der Waals surface area contributed by atoms with Crippen LogP contribution < -0.4 is 10.2 Å². The van der Waals surface area contributed by atoms with Gasteiger partial charge in [-0.1, -0.05) is 18.2 Å². The van der Waals surface area contributed by atoms with E-state index in [1.165, 1.54) is 5.69 Å². The van der Waals surface area contributed by atoms with Crippen LogP contribution >= 0.6 is 24.0 Å². The monoisotopic (exact) mass is 559 g/mol. The van der Waals surface area contributed by atoms with Crippen molar-refractivity contribution in [2.45, 2.75) is 26.3 Å². The molecule has 0 saturated carbocycles. The molecule has 2 aliphatic rings. The quantitative estimate of drug-likeness (QED) is 0.206. The van der Waals surface area contributed by atoms with Crippen LogP contribution in [0, 0.1) is 5.92 Å². The number of aliphatic imine (C=N–C) groups is 1. The Bertz CT molecular complexity index is 655. The number of hydrogen-bond acceptors (Lipinski definition) is 5. The molecule has 0 amide bonds. The Hall–Kier alpha value is -1.10. The fraction of sp³-hybridized carbons (Fsp3) is 0.708. The molecule has 1 N–H and O–H groups in total. The van der Waals surface area contributed by atoms with Gasteiger partial charge in [0.05, 0.1) is 26.4 Å². The molecule has 1 aromatic rings. The average molecular weight is 560 g/mol. The second kappa shape index (κ2) is 14.9. The normalized spacial score (nSPS) is 20.8. The minimum atomic E-state index is 0. The molecule has 2 fully saturated rings. The van der Waals surface area contributed by atoms with E-state index in [0.717, 1.165) is 71.3 Å². The van der Waals surface area contributed by atoms with E-state index >= 15 is 0 Å². The number of guanidine groups is 1. The van der Waals surface area contributed by atoms with E-state index in [4.69, 9.17) is 14.5 Å². The van der Waals surface area contributed by atoms with Crippen molar-refractivity contribution in [2.24, 2.45) is 10.9 Å². The Balaban J connectivity index is 0.00000363. The zero-order valence-electron chi connectivity index (χ0n) is 20.0. The van der Waals surface area contributed by atoms with Gasteiger partial charge in [0.25, 0.3) is 0 Å². The van der Waals surface area contributed by atoms with Crippen molar-refractivity contribution in [2.75, 3.05) is 84.2 Å². The Morgan fingerprint density at radius 2 is 1.88 bits per heavy atom. The van der Waals surface area contributed by atoms with Crippen molar-refractivity contribution < 1.29 is 9.47 Å². The predicted octanol–water partition coefficient (Wildman–Crippen LogP) is 2.77. The molecule has 0 aliphatic carbocycles. The topological polar surface area (TPSA) is 52.6 Å². The lowest BCUT2D eigenvalue weighted by Gasteiger charge is -2.38. The van der Waals surface area contributed by atoms with Crippen molar-refractivity contribution in [3.63, 3.8) is 0 Å². The average Bonchev–Trinajstić information content (AvgIpc) is 3.29. The van der Waals surface area contributed by atoms with Gasteiger partial charge in [0, 0.05) is 70.6 Å². The zero-order chi connectivity index (χ0) is 21.9. The molecule has 0 radical (unpaired) electrons. The number of methoxy groups -OCH3 is 1. The van der Waals surface area contributed by atoms with Gasteiger partial charge >= 0.3 is 0 Å². The summed E-state index contributed by atoms with van der Waals surface area (Å²) in [6.07, 6.45) is 1.16. The molecule has 0 spiro atoms. The van der Waals surface area contributed by atoms with E-state index in [0.29, 0.717) is 25.2 Å². The molecule has 32 heavy (non-hydrogen) atoms. The lowest BCUT2D eigenvalue weighted by Crippen LogP contribution is -2.50. The molecule has 7 nitrogen and oxygen atoms in total. The number of anilines is 1. The van der Waals surface area contributed by atoms with Crippen molar-refractivity contribution >= 4 is 35.6 Å². The Kier molecular flexibility index (Phi) is 12.7. The van der Waals surface area contributed by atoms with Crippen molar-refractivity contribution in [3.05, 3.63) is 30.3 Å². The smallest absolute Gasteiger partial charge is 0.193 e. The molecule has 0 bridgehead atoms. The molecule has 2 saturated heterocycles. The van der Waals surface area contributed by atoms with Crippen LogP contribution in [0.25, 0.3) is 0 Å². The van der Waals surface area contributed by atoms with Crippen LogP contribution in [0.4, 0.5) is 5.69 Å². The predicted molar refractivity (Wildman–Crippen MR) is 143 cm³/mol. The van der Waals surface area contributed by atoms with Crippen LogP contribution in [0.1, 0.15) is 20.3 Å². The van der Waals surface area contributed by atoms with Crippen LogP contribution in [-0.2, 0) is 9.47 Å². The number of nitrogens with one attached hydrogen (secondary N) is 1. The van der Waals surface area contributed by atoms with Crippen LogP contribution in [-0.4, -0.2) is 101 Å². The van der Waals surface area contributed by atoms with Gasteiger partial charge < -0.3 is 24.6 Å². The maximum absolute atomic E-state index is 5.74. The van der Waals surface area contributed by atoms with E-state index < -0.39 is 0 Å². The lowest BCUT2D eigenvalue weighted by molar-refractivity contribution is 0.0536. The molecule has 8 heteroatoms. The molecule has 0 aromatic heterocycles.